The van der Waals surface area contributed by atoms with Gasteiger partial charge in [-0.3, -0.25) is 4.79 Å². The van der Waals surface area contributed by atoms with Gasteiger partial charge in [0, 0.05) is 11.3 Å². The molecule has 8 heteroatoms. The highest BCUT2D eigenvalue weighted by Gasteiger charge is 2.30. The molecular weight excluding hydrogens is 343 g/mol. The van der Waals surface area contributed by atoms with Crippen LogP contribution < -0.4 is 5.32 Å². The molecule has 0 fully saturated rings. The molecule has 1 N–H and O–H groups in total. The van der Waals surface area contributed by atoms with Crippen molar-refractivity contribution in [3.05, 3.63) is 59.7 Å². The van der Waals surface area contributed by atoms with E-state index in [0.717, 1.165) is 24.3 Å². The second kappa shape index (κ2) is 6.64. The number of benzene rings is 2. The van der Waals surface area contributed by atoms with E-state index < -0.39 is 27.5 Å². The third-order valence-corrected chi connectivity index (χ3v) is 5.08. The summed E-state index contributed by atoms with van der Waals surface area (Å²) in [5.41, 5.74) is -0.434. The smallest absolute Gasteiger partial charge is 0.322 e. The molecule has 0 atom stereocenters. The number of amides is 1. The second-order valence-electron chi connectivity index (χ2n) is 4.96. The molecule has 128 valence electrons. The van der Waals surface area contributed by atoms with Crippen molar-refractivity contribution in [2.45, 2.75) is 18.0 Å². The van der Waals surface area contributed by atoms with Crippen LogP contribution in [0.25, 0.3) is 0 Å². The molecule has 0 aliphatic carbocycles. The van der Waals surface area contributed by atoms with Gasteiger partial charge in [0.1, 0.15) is 0 Å². The first-order valence-corrected chi connectivity index (χ1v) is 8.60. The van der Waals surface area contributed by atoms with Gasteiger partial charge in [-0.2, -0.15) is 13.2 Å². The first-order chi connectivity index (χ1) is 11.1. The highest BCUT2D eigenvalue weighted by molar-refractivity contribution is 7.91. The predicted octanol–water partition coefficient (Wildman–Crippen LogP) is 3.75. The SMILES string of the molecule is CCS(=O)(=O)c1ccc(NC(=O)c2ccc(C(F)(F)F)cc2)cc1. The summed E-state index contributed by atoms with van der Waals surface area (Å²) in [4.78, 5) is 12.1. The lowest BCUT2D eigenvalue weighted by atomic mass is 10.1. The van der Waals surface area contributed by atoms with Crippen LogP contribution in [0.15, 0.2) is 53.4 Å². The number of anilines is 1. The van der Waals surface area contributed by atoms with Gasteiger partial charge in [-0.1, -0.05) is 6.92 Å². The summed E-state index contributed by atoms with van der Waals surface area (Å²) in [6.07, 6.45) is -4.46. The number of alkyl halides is 3. The molecule has 0 spiro atoms. The molecule has 0 aromatic heterocycles. The molecule has 0 saturated carbocycles. The summed E-state index contributed by atoms with van der Waals surface area (Å²) < 4.78 is 60.8. The van der Waals surface area contributed by atoms with Gasteiger partial charge in [0.05, 0.1) is 16.2 Å². The maximum atomic E-state index is 12.5. The van der Waals surface area contributed by atoms with Crippen molar-refractivity contribution in [3.63, 3.8) is 0 Å². The first-order valence-electron chi connectivity index (χ1n) is 6.95. The number of nitrogens with one attached hydrogen (secondary N) is 1. The Morgan fingerprint density at radius 1 is 1.00 bits per heavy atom. The minimum Gasteiger partial charge on any atom is -0.322 e. The van der Waals surface area contributed by atoms with Gasteiger partial charge in [-0.05, 0) is 48.5 Å². The molecular formula is C16H14F3NO3S. The molecule has 2 rings (SSSR count). The topological polar surface area (TPSA) is 63.2 Å². The Labute approximate surface area is 137 Å². The van der Waals surface area contributed by atoms with Crippen LogP contribution in [-0.4, -0.2) is 20.1 Å². The predicted molar refractivity (Wildman–Crippen MR) is 83.6 cm³/mol. The van der Waals surface area contributed by atoms with Crippen LogP contribution in [-0.2, 0) is 16.0 Å². The fourth-order valence-corrected chi connectivity index (χ4v) is 2.81. The van der Waals surface area contributed by atoms with Gasteiger partial charge in [0.2, 0.25) is 0 Å². The van der Waals surface area contributed by atoms with Crippen molar-refractivity contribution in [2.24, 2.45) is 0 Å². The van der Waals surface area contributed by atoms with E-state index >= 15 is 0 Å². The highest BCUT2D eigenvalue weighted by atomic mass is 32.2. The van der Waals surface area contributed by atoms with Crippen LogP contribution in [0, 0.1) is 0 Å². The first kappa shape index (κ1) is 18.0. The number of halogens is 3. The molecule has 0 bridgehead atoms. The Kier molecular flexibility index (Phi) is 4.98. The molecule has 2 aromatic rings. The molecule has 0 unspecified atom stereocenters. The van der Waals surface area contributed by atoms with E-state index in [1.54, 1.807) is 0 Å². The monoisotopic (exact) mass is 357 g/mol. The van der Waals surface area contributed by atoms with E-state index in [2.05, 4.69) is 5.32 Å². The zero-order valence-corrected chi connectivity index (χ0v) is 13.4. The van der Waals surface area contributed by atoms with E-state index in [1.807, 2.05) is 0 Å². The molecule has 0 saturated heterocycles. The minimum atomic E-state index is -4.46. The summed E-state index contributed by atoms with van der Waals surface area (Å²) in [5, 5.41) is 2.50. The van der Waals surface area contributed by atoms with Crippen molar-refractivity contribution in [3.8, 4) is 0 Å². The van der Waals surface area contributed by atoms with Crippen LogP contribution in [0.1, 0.15) is 22.8 Å². The maximum absolute atomic E-state index is 12.5. The van der Waals surface area contributed by atoms with Gasteiger partial charge in [0.15, 0.2) is 9.84 Å². The Morgan fingerprint density at radius 2 is 1.54 bits per heavy atom. The van der Waals surface area contributed by atoms with Gasteiger partial charge >= 0.3 is 6.18 Å². The summed E-state index contributed by atoms with van der Waals surface area (Å²) in [5.74, 6) is -0.626. The Morgan fingerprint density at radius 3 is 2.00 bits per heavy atom. The van der Waals surface area contributed by atoms with Crippen LogP contribution in [0.2, 0.25) is 0 Å². The fourth-order valence-electron chi connectivity index (χ4n) is 1.93. The van der Waals surface area contributed by atoms with Crippen molar-refractivity contribution in [1.29, 1.82) is 0 Å². The number of carbonyl (C=O) groups excluding carboxylic acids is 1. The molecule has 24 heavy (non-hydrogen) atoms. The normalized spacial score (nSPS) is 12.0. The quantitative estimate of drug-likeness (QED) is 0.906. The lowest BCUT2D eigenvalue weighted by molar-refractivity contribution is -0.137. The van der Waals surface area contributed by atoms with Crippen molar-refractivity contribution < 1.29 is 26.4 Å². The zero-order valence-electron chi connectivity index (χ0n) is 12.6. The van der Waals surface area contributed by atoms with Gasteiger partial charge in [-0.15, -0.1) is 0 Å². The number of hydrogen-bond donors (Lipinski definition) is 1. The second-order valence-corrected chi connectivity index (χ2v) is 7.24. The van der Waals surface area contributed by atoms with E-state index in [-0.39, 0.29) is 16.2 Å². The van der Waals surface area contributed by atoms with Gasteiger partial charge in [0.25, 0.3) is 5.91 Å². The molecule has 1 amide bonds. The van der Waals surface area contributed by atoms with Gasteiger partial charge in [-0.25, -0.2) is 8.42 Å². The van der Waals surface area contributed by atoms with E-state index in [1.165, 1.54) is 31.2 Å². The zero-order chi connectivity index (χ0) is 18.0. The fraction of sp³-hybridized carbons (Fsp3) is 0.188. The average Bonchev–Trinajstić information content (AvgIpc) is 2.54. The summed E-state index contributed by atoms with van der Waals surface area (Å²) >= 11 is 0. The third-order valence-electron chi connectivity index (χ3n) is 3.33. The third kappa shape index (κ3) is 4.14. The van der Waals surface area contributed by atoms with Gasteiger partial charge < -0.3 is 5.32 Å². The minimum absolute atomic E-state index is 0.0374. The summed E-state index contributed by atoms with van der Waals surface area (Å²) in [6, 6.07) is 9.37. The van der Waals surface area contributed by atoms with Crippen LogP contribution >= 0.6 is 0 Å². The molecule has 0 aliphatic heterocycles. The van der Waals surface area contributed by atoms with Crippen LogP contribution in [0.5, 0.6) is 0 Å². The van der Waals surface area contributed by atoms with Crippen LogP contribution in [0.3, 0.4) is 0 Å². The number of hydrogen-bond acceptors (Lipinski definition) is 3. The lowest BCUT2D eigenvalue weighted by Crippen LogP contribution is -2.13. The Balaban J connectivity index is 2.12. The van der Waals surface area contributed by atoms with E-state index in [9.17, 15) is 26.4 Å². The van der Waals surface area contributed by atoms with Crippen molar-refractivity contribution >= 4 is 21.4 Å². The molecule has 0 radical (unpaired) electrons. The Hall–Kier alpha value is -2.35. The summed E-state index contributed by atoms with van der Waals surface area (Å²) in [6.45, 7) is 1.52. The van der Waals surface area contributed by atoms with Crippen molar-refractivity contribution in [1.82, 2.24) is 0 Å². The standard InChI is InChI=1S/C16H14F3NO3S/c1-2-24(22,23)14-9-7-13(8-10-14)20-15(21)11-3-5-12(6-4-11)16(17,18)19/h3-10H,2H2,1H3,(H,20,21). The van der Waals surface area contributed by atoms with E-state index in [4.69, 9.17) is 0 Å². The maximum Gasteiger partial charge on any atom is 0.416 e. The van der Waals surface area contributed by atoms with E-state index in [0.29, 0.717) is 5.69 Å². The summed E-state index contributed by atoms with van der Waals surface area (Å²) in [7, 11) is -3.33. The number of sulfone groups is 1. The highest BCUT2D eigenvalue weighted by Crippen LogP contribution is 2.29. The number of carbonyl (C=O) groups is 1. The molecule has 2 aromatic carbocycles. The molecule has 0 aliphatic rings. The Bertz CT molecular complexity index is 826. The largest absolute Gasteiger partial charge is 0.416 e. The van der Waals surface area contributed by atoms with Crippen molar-refractivity contribution in [2.75, 3.05) is 11.1 Å². The lowest BCUT2D eigenvalue weighted by Gasteiger charge is -2.09. The molecule has 4 nitrogen and oxygen atoms in total. The average molecular weight is 357 g/mol. The van der Waals surface area contributed by atoms with Crippen LogP contribution in [0.4, 0.5) is 18.9 Å². The molecule has 0 heterocycles. The number of rotatable bonds is 4.